The van der Waals surface area contributed by atoms with Crippen LogP contribution in [0.15, 0.2) is 22.7 Å². The lowest BCUT2D eigenvalue weighted by atomic mass is 10.0. The first-order valence-electron chi connectivity index (χ1n) is 7.43. The van der Waals surface area contributed by atoms with Crippen molar-refractivity contribution < 1.29 is 9.53 Å². The number of nitrogens with one attached hydrogen (secondary N) is 1. The SMILES string of the molecule is CNC1CCCN(C(=O)c2cc(Br)cc(OC(C)C)c2)C1.Cl. The Morgan fingerprint density at radius 3 is 2.77 bits per heavy atom. The molecule has 22 heavy (non-hydrogen) atoms. The third kappa shape index (κ3) is 5.14. The average Bonchev–Trinajstić information content (AvgIpc) is 2.45. The minimum absolute atomic E-state index is 0. The van der Waals surface area contributed by atoms with Crippen molar-refractivity contribution in [2.75, 3.05) is 20.1 Å². The van der Waals surface area contributed by atoms with Gasteiger partial charge in [-0.05, 0) is 51.9 Å². The van der Waals surface area contributed by atoms with Crippen molar-refractivity contribution in [3.05, 3.63) is 28.2 Å². The van der Waals surface area contributed by atoms with E-state index < -0.39 is 0 Å². The molecule has 4 nitrogen and oxygen atoms in total. The number of likely N-dealkylation sites (tertiary alicyclic amines) is 1. The predicted molar refractivity (Wildman–Crippen MR) is 95.1 cm³/mol. The van der Waals surface area contributed by atoms with Crippen molar-refractivity contribution in [1.82, 2.24) is 10.2 Å². The first kappa shape index (κ1) is 19.3. The highest BCUT2D eigenvalue weighted by Crippen LogP contribution is 2.24. The van der Waals surface area contributed by atoms with Crippen LogP contribution in [0.3, 0.4) is 0 Å². The zero-order chi connectivity index (χ0) is 15.4. The van der Waals surface area contributed by atoms with E-state index in [4.69, 9.17) is 4.74 Å². The molecule has 1 aromatic rings. The van der Waals surface area contributed by atoms with Gasteiger partial charge in [0, 0.05) is 29.2 Å². The van der Waals surface area contributed by atoms with E-state index in [1.807, 2.05) is 44.0 Å². The van der Waals surface area contributed by atoms with Gasteiger partial charge in [-0.15, -0.1) is 12.4 Å². The van der Waals surface area contributed by atoms with Gasteiger partial charge in [-0.3, -0.25) is 4.79 Å². The zero-order valence-corrected chi connectivity index (χ0v) is 15.7. The maximum Gasteiger partial charge on any atom is 0.254 e. The molecule has 0 radical (unpaired) electrons. The Morgan fingerprint density at radius 2 is 2.14 bits per heavy atom. The number of nitrogens with zero attached hydrogens (tertiary/aromatic N) is 1. The minimum atomic E-state index is 0. The van der Waals surface area contributed by atoms with Crippen LogP contribution in [0.1, 0.15) is 37.0 Å². The van der Waals surface area contributed by atoms with Gasteiger partial charge in [0.05, 0.1) is 6.10 Å². The van der Waals surface area contributed by atoms with E-state index in [9.17, 15) is 4.79 Å². The van der Waals surface area contributed by atoms with Gasteiger partial charge in [-0.2, -0.15) is 0 Å². The van der Waals surface area contributed by atoms with Gasteiger partial charge in [-0.25, -0.2) is 0 Å². The fraction of sp³-hybridized carbons (Fsp3) is 0.562. The number of amides is 1. The van der Waals surface area contributed by atoms with E-state index in [2.05, 4.69) is 21.2 Å². The van der Waals surface area contributed by atoms with Gasteiger partial charge in [0.2, 0.25) is 0 Å². The molecule has 0 aliphatic carbocycles. The third-order valence-corrected chi connectivity index (χ3v) is 4.06. The monoisotopic (exact) mass is 390 g/mol. The molecular weight excluding hydrogens is 368 g/mol. The number of carbonyl (C=O) groups excluding carboxylic acids is 1. The molecule has 1 fully saturated rings. The molecule has 0 bridgehead atoms. The Labute approximate surface area is 147 Å². The first-order chi connectivity index (χ1) is 9.99. The number of halogens is 2. The van der Waals surface area contributed by atoms with Gasteiger partial charge in [0.1, 0.15) is 5.75 Å². The summed E-state index contributed by atoms with van der Waals surface area (Å²) in [6.45, 7) is 5.54. The van der Waals surface area contributed by atoms with E-state index in [0.717, 1.165) is 36.2 Å². The molecule has 1 unspecified atom stereocenters. The summed E-state index contributed by atoms with van der Waals surface area (Å²) >= 11 is 3.46. The van der Waals surface area contributed by atoms with Crippen molar-refractivity contribution in [2.45, 2.75) is 38.8 Å². The van der Waals surface area contributed by atoms with E-state index in [1.54, 1.807) is 0 Å². The summed E-state index contributed by atoms with van der Waals surface area (Å²) in [6.07, 6.45) is 2.26. The highest BCUT2D eigenvalue weighted by Gasteiger charge is 2.24. The first-order valence-corrected chi connectivity index (χ1v) is 8.22. The molecule has 1 aliphatic heterocycles. The van der Waals surface area contributed by atoms with Crippen LogP contribution in [0.4, 0.5) is 0 Å². The summed E-state index contributed by atoms with van der Waals surface area (Å²) in [7, 11) is 1.95. The largest absolute Gasteiger partial charge is 0.491 e. The van der Waals surface area contributed by atoms with Crippen LogP contribution in [-0.2, 0) is 0 Å². The molecular formula is C16H24BrClN2O2. The minimum Gasteiger partial charge on any atom is -0.491 e. The van der Waals surface area contributed by atoms with Gasteiger partial charge in [0.15, 0.2) is 0 Å². The molecule has 1 aromatic carbocycles. The van der Waals surface area contributed by atoms with Gasteiger partial charge in [0.25, 0.3) is 5.91 Å². The van der Waals surface area contributed by atoms with Crippen LogP contribution >= 0.6 is 28.3 Å². The van der Waals surface area contributed by atoms with Crippen molar-refractivity contribution in [3.8, 4) is 5.75 Å². The molecule has 1 aliphatic rings. The topological polar surface area (TPSA) is 41.6 Å². The summed E-state index contributed by atoms with van der Waals surface area (Å²) in [6, 6.07) is 5.97. The molecule has 0 spiro atoms. The van der Waals surface area contributed by atoms with Crippen LogP contribution < -0.4 is 10.1 Å². The Hall–Kier alpha value is -0.780. The van der Waals surface area contributed by atoms with Gasteiger partial charge < -0.3 is 15.0 Å². The highest BCUT2D eigenvalue weighted by atomic mass is 79.9. The van der Waals surface area contributed by atoms with Gasteiger partial charge >= 0.3 is 0 Å². The van der Waals surface area contributed by atoms with E-state index >= 15 is 0 Å². The normalized spacial score (nSPS) is 18.0. The van der Waals surface area contributed by atoms with Gasteiger partial charge in [-0.1, -0.05) is 15.9 Å². The fourth-order valence-electron chi connectivity index (χ4n) is 2.61. The molecule has 1 heterocycles. The Morgan fingerprint density at radius 1 is 1.41 bits per heavy atom. The Bertz CT molecular complexity index is 511. The molecule has 1 atom stereocenters. The van der Waals surface area contributed by atoms with Crippen molar-refractivity contribution in [2.24, 2.45) is 0 Å². The number of ether oxygens (including phenoxy) is 1. The maximum atomic E-state index is 12.7. The predicted octanol–water partition coefficient (Wildman–Crippen LogP) is 3.48. The molecule has 1 N–H and O–H groups in total. The van der Waals surface area contributed by atoms with Crippen molar-refractivity contribution in [1.29, 1.82) is 0 Å². The molecule has 6 heteroatoms. The number of likely N-dealkylation sites (N-methyl/N-ethyl adjacent to an activating group) is 1. The fourth-order valence-corrected chi connectivity index (χ4v) is 3.08. The number of hydrogen-bond acceptors (Lipinski definition) is 3. The summed E-state index contributed by atoms with van der Waals surface area (Å²) in [5.74, 6) is 0.801. The number of benzene rings is 1. The lowest BCUT2D eigenvalue weighted by molar-refractivity contribution is 0.0697. The van der Waals surface area contributed by atoms with E-state index in [0.29, 0.717) is 11.6 Å². The van der Waals surface area contributed by atoms with Crippen LogP contribution in [-0.4, -0.2) is 43.1 Å². The van der Waals surface area contributed by atoms with Crippen molar-refractivity contribution in [3.63, 3.8) is 0 Å². The summed E-state index contributed by atoms with van der Waals surface area (Å²) in [5.41, 5.74) is 0.678. The number of carbonyl (C=O) groups is 1. The summed E-state index contributed by atoms with van der Waals surface area (Å²) in [4.78, 5) is 14.6. The lowest BCUT2D eigenvalue weighted by Gasteiger charge is -2.32. The molecule has 0 aromatic heterocycles. The summed E-state index contributed by atoms with van der Waals surface area (Å²) in [5, 5.41) is 3.26. The second kappa shape index (κ2) is 8.75. The average molecular weight is 392 g/mol. The highest BCUT2D eigenvalue weighted by molar-refractivity contribution is 9.10. The molecule has 1 saturated heterocycles. The Balaban J connectivity index is 0.00000242. The number of rotatable bonds is 4. The third-order valence-electron chi connectivity index (χ3n) is 3.61. The second-order valence-corrected chi connectivity index (χ2v) is 6.64. The standard InChI is InChI=1S/C16H23BrN2O2.ClH/c1-11(2)21-15-8-12(7-13(17)9-15)16(20)19-6-4-5-14(10-19)18-3;/h7-9,11,14,18H,4-6,10H2,1-3H3;1H. The second-order valence-electron chi connectivity index (χ2n) is 5.72. The summed E-state index contributed by atoms with van der Waals surface area (Å²) < 4.78 is 6.57. The lowest BCUT2D eigenvalue weighted by Crippen LogP contribution is -2.46. The van der Waals surface area contributed by atoms with Crippen LogP contribution in [0.2, 0.25) is 0 Å². The smallest absolute Gasteiger partial charge is 0.254 e. The van der Waals surface area contributed by atoms with E-state index in [-0.39, 0.29) is 24.4 Å². The van der Waals surface area contributed by atoms with Crippen LogP contribution in [0.5, 0.6) is 5.75 Å². The number of piperidine rings is 1. The van der Waals surface area contributed by atoms with Crippen molar-refractivity contribution >= 4 is 34.2 Å². The molecule has 0 saturated carbocycles. The zero-order valence-electron chi connectivity index (χ0n) is 13.3. The van der Waals surface area contributed by atoms with Crippen LogP contribution in [0, 0.1) is 0 Å². The quantitative estimate of drug-likeness (QED) is 0.854. The maximum absolute atomic E-state index is 12.7. The Kier molecular flexibility index (Phi) is 7.66. The molecule has 124 valence electrons. The van der Waals surface area contributed by atoms with E-state index in [1.165, 1.54) is 0 Å². The number of hydrogen-bond donors (Lipinski definition) is 1. The van der Waals surface area contributed by atoms with Crippen LogP contribution in [0.25, 0.3) is 0 Å². The molecule has 2 rings (SSSR count). The molecule has 1 amide bonds.